The maximum atomic E-state index is 15.0. The first-order valence-electron chi connectivity index (χ1n) is 10.8. The maximum Gasteiger partial charge on any atom is 0.158 e. The predicted molar refractivity (Wildman–Crippen MR) is 117 cm³/mol. The number of fused-ring (bicyclic) bond motifs is 2. The number of phenolic OH excluding ortho intramolecular Hbond substituents is 1. The molecule has 0 radical (unpaired) electrons. The van der Waals surface area contributed by atoms with Crippen LogP contribution in [0.15, 0.2) is 43.1 Å². The van der Waals surface area contributed by atoms with E-state index in [0.717, 1.165) is 25.7 Å². The molecule has 1 aromatic carbocycles. The topological polar surface area (TPSA) is 103 Å². The molecule has 4 atom stereocenters. The van der Waals surface area contributed by atoms with E-state index in [-0.39, 0.29) is 17.8 Å². The Hall–Kier alpha value is -3.51. The molecule has 2 bridgehead atoms. The van der Waals surface area contributed by atoms with E-state index < -0.39 is 6.17 Å². The molecule has 164 valence electrons. The van der Waals surface area contributed by atoms with Gasteiger partial charge in [0.05, 0.1) is 29.8 Å². The van der Waals surface area contributed by atoms with Gasteiger partial charge >= 0.3 is 0 Å². The fourth-order valence-electron chi connectivity index (χ4n) is 4.78. The minimum Gasteiger partial charge on any atom is -0.507 e. The van der Waals surface area contributed by atoms with Crippen LogP contribution in [0.25, 0.3) is 16.9 Å². The van der Waals surface area contributed by atoms with Gasteiger partial charge in [0.1, 0.15) is 30.1 Å². The lowest BCUT2D eigenvalue weighted by atomic mass is 9.82. The SMILES string of the molecule is CN(c1cnc(-c2ccc(-n3cnc(C#N)c3)cc2O)cn1)[C@@H]1CC2CCCC(N2)[C@@H]1F. The molecule has 9 heteroatoms. The van der Waals surface area contributed by atoms with Gasteiger partial charge in [-0.15, -0.1) is 0 Å². The minimum absolute atomic E-state index is 0.0418. The van der Waals surface area contributed by atoms with Crippen molar-refractivity contribution in [3.8, 4) is 28.8 Å². The average molecular weight is 433 g/mol. The van der Waals surface area contributed by atoms with Crippen LogP contribution in [0.4, 0.5) is 10.2 Å². The van der Waals surface area contributed by atoms with Crippen LogP contribution < -0.4 is 10.2 Å². The molecule has 0 spiro atoms. The molecule has 2 aliphatic heterocycles. The minimum atomic E-state index is -0.945. The highest BCUT2D eigenvalue weighted by Gasteiger charge is 2.41. The van der Waals surface area contributed by atoms with Gasteiger partial charge < -0.3 is 19.9 Å². The number of piperidine rings is 2. The van der Waals surface area contributed by atoms with Crippen LogP contribution in [0.3, 0.4) is 0 Å². The molecular formula is C23H24FN7O. The number of nitriles is 1. The second kappa shape index (κ2) is 8.20. The Kier molecular flexibility index (Phi) is 5.23. The number of imidazole rings is 1. The van der Waals surface area contributed by atoms with Crippen molar-refractivity contribution >= 4 is 5.82 Å². The molecule has 3 aromatic rings. The first kappa shape index (κ1) is 20.4. The van der Waals surface area contributed by atoms with Gasteiger partial charge in [0, 0.05) is 37.0 Å². The second-order valence-electron chi connectivity index (χ2n) is 8.50. The highest BCUT2D eigenvalue weighted by Crippen LogP contribution is 2.33. The fourth-order valence-corrected chi connectivity index (χ4v) is 4.78. The number of hydrogen-bond donors (Lipinski definition) is 2. The van der Waals surface area contributed by atoms with Crippen LogP contribution in [0.5, 0.6) is 5.75 Å². The lowest BCUT2D eigenvalue weighted by molar-refractivity contribution is 0.107. The van der Waals surface area contributed by atoms with Crippen molar-refractivity contribution in [3.63, 3.8) is 0 Å². The van der Waals surface area contributed by atoms with Crippen molar-refractivity contribution < 1.29 is 9.50 Å². The van der Waals surface area contributed by atoms with Crippen molar-refractivity contribution in [2.24, 2.45) is 0 Å². The van der Waals surface area contributed by atoms with Gasteiger partial charge in [0.15, 0.2) is 5.69 Å². The van der Waals surface area contributed by atoms with E-state index in [0.29, 0.717) is 34.5 Å². The van der Waals surface area contributed by atoms with Crippen LogP contribution in [-0.2, 0) is 0 Å². The van der Waals surface area contributed by atoms with E-state index >= 15 is 4.39 Å². The zero-order valence-electron chi connectivity index (χ0n) is 17.7. The zero-order valence-corrected chi connectivity index (χ0v) is 17.7. The Morgan fingerprint density at radius 1 is 1.25 bits per heavy atom. The van der Waals surface area contributed by atoms with Gasteiger partial charge in [-0.1, -0.05) is 6.42 Å². The van der Waals surface area contributed by atoms with E-state index in [1.165, 1.54) is 6.33 Å². The summed E-state index contributed by atoms with van der Waals surface area (Å²) in [6, 6.07) is 7.16. The highest BCUT2D eigenvalue weighted by molar-refractivity contribution is 5.68. The standard InChI is InChI=1S/C23H24FN7O/c1-30(20-7-14-3-2-4-18(29-14)23(20)24)22-11-26-19(10-27-22)17-6-5-16(8-21(17)32)31-12-15(9-25)28-13-31/h5-6,8,10-14,18,20,23,29,32H,2-4,7H2,1H3/t14?,18?,20-,23+/m1/s1. The molecule has 32 heavy (non-hydrogen) atoms. The lowest BCUT2D eigenvalue weighted by Gasteiger charge is -2.46. The number of anilines is 1. The van der Waals surface area contributed by atoms with Crippen LogP contribution in [0.2, 0.25) is 0 Å². The lowest BCUT2D eigenvalue weighted by Crippen LogP contribution is -2.61. The van der Waals surface area contributed by atoms with Crippen LogP contribution >= 0.6 is 0 Å². The van der Waals surface area contributed by atoms with Crippen molar-refractivity contribution in [1.82, 2.24) is 24.8 Å². The summed E-state index contributed by atoms with van der Waals surface area (Å²) >= 11 is 0. The number of aromatic nitrogens is 4. The van der Waals surface area contributed by atoms with Crippen molar-refractivity contribution in [2.75, 3.05) is 11.9 Å². The van der Waals surface area contributed by atoms with Gasteiger partial charge in [-0.05, 0) is 31.4 Å². The molecule has 2 aliphatic rings. The molecule has 0 amide bonds. The van der Waals surface area contributed by atoms with Crippen LogP contribution in [-0.4, -0.2) is 56.0 Å². The summed E-state index contributed by atoms with van der Waals surface area (Å²) in [5, 5.41) is 22.9. The summed E-state index contributed by atoms with van der Waals surface area (Å²) in [6.07, 6.45) is 9.18. The Morgan fingerprint density at radius 3 is 2.84 bits per heavy atom. The summed E-state index contributed by atoms with van der Waals surface area (Å²) < 4.78 is 16.7. The number of hydrogen-bond acceptors (Lipinski definition) is 7. The molecule has 2 unspecified atom stereocenters. The summed E-state index contributed by atoms with van der Waals surface area (Å²) in [5.74, 6) is 0.653. The summed E-state index contributed by atoms with van der Waals surface area (Å²) in [6.45, 7) is 0. The molecule has 2 fully saturated rings. The number of aromatic hydroxyl groups is 1. The van der Waals surface area contributed by atoms with Gasteiger partial charge in [0.25, 0.3) is 0 Å². The van der Waals surface area contributed by atoms with Gasteiger partial charge in [-0.2, -0.15) is 5.26 Å². The fraction of sp³-hybridized carbons (Fsp3) is 0.391. The van der Waals surface area contributed by atoms with E-state index in [1.54, 1.807) is 41.4 Å². The number of alkyl halides is 1. The van der Waals surface area contributed by atoms with Crippen molar-refractivity contribution in [2.45, 2.75) is 50.0 Å². The highest BCUT2D eigenvalue weighted by atomic mass is 19.1. The Balaban J connectivity index is 1.35. The van der Waals surface area contributed by atoms with E-state index in [9.17, 15) is 5.11 Å². The second-order valence-corrected chi connectivity index (χ2v) is 8.50. The van der Waals surface area contributed by atoms with Crippen LogP contribution in [0, 0.1) is 11.3 Å². The van der Waals surface area contributed by atoms with Gasteiger partial charge in [0.2, 0.25) is 0 Å². The predicted octanol–water partition coefficient (Wildman–Crippen LogP) is 2.96. The van der Waals surface area contributed by atoms with Crippen molar-refractivity contribution in [3.05, 3.63) is 48.8 Å². The molecular weight excluding hydrogens is 409 g/mol. The number of nitrogens with one attached hydrogen (secondary N) is 1. The van der Waals surface area contributed by atoms with Crippen molar-refractivity contribution in [1.29, 1.82) is 5.26 Å². The average Bonchev–Trinajstić information content (AvgIpc) is 3.31. The summed E-state index contributed by atoms with van der Waals surface area (Å²) in [7, 11) is 1.87. The zero-order chi connectivity index (χ0) is 22.2. The summed E-state index contributed by atoms with van der Waals surface area (Å²) in [4.78, 5) is 14.9. The van der Waals surface area contributed by atoms with Crippen LogP contribution in [0.1, 0.15) is 31.4 Å². The number of rotatable bonds is 4. The molecule has 2 saturated heterocycles. The molecule has 5 rings (SSSR count). The Bertz CT molecular complexity index is 1160. The molecule has 0 aliphatic carbocycles. The van der Waals surface area contributed by atoms with Gasteiger partial charge in [-0.25, -0.2) is 14.4 Å². The molecule has 8 nitrogen and oxygen atoms in total. The smallest absolute Gasteiger partial charge is 0.158 e. The Morgan fingerprint density at radius 2 is 2.12 bits per heavy atom. The largest absolute Gasteiger partial charge is 0.507 e. The van der Waals surface area contributed by atoms with E-state index in [1.807, 2.05) is 18.0 Å². The molecule has 4 heterocycles. The van der Waals surface area contributed by atoms with E-state index in [2.05, 4.69) is 20.3 Å². The summed E-state index contributed by atoms with van der Waals surface area (Å²) in [5.41, 5.74) is 2.03. The third-order valence-electron chi connectivity index (χ3n) is 6.55. The third kappa shape index (κ3) is 3.67. The third-order valence-corrected chi connectivity index (χ3v) is 6.55. The maximum absolute atomic E-state index is 15.0. The first-order chi connectivity index (χ1) is 15.5. The number of phenols is 1. The number of benzene rings is 1. The Labute approximate surface area is 185 Å². The normalized spacial score (nSPS) is 24.7. The first-order valence-corrected chi connectivity index (χ1v) is 10.8. The quantitative estimate of drug-likeness (QED) is 0.652. The molecule has 2 aromatic heterocycles. The monoisotopic (exact) mass is 433 g/mol. The van der Waals surface area contributed by atoms with Gasteiger partial charge in [-0.3, -0.25) is 4.98 Å². The molecule has 2 N–H and O–H groups in total. The van der Waals surface area contributed by atoms with E-state index in [4.69, 9.17) is 5.26 Å². The number of nitrogens with zero attached hydrogens (tertiary/aromatic N) is 6. The molecule has 0 saturated carbocycles. The number of halogens is 1.